The predicted molar refractivity (Wildman–Crippen MR) is 31.3 cm³/mol. The largest absolute Gasteiger partial charge is 0.300 e. The van der Waals surface area contributed by atoms with Gasteiger partial charge < -0.3 is 0 Å². The number of halogens is 2. The van der Waals surface area contributed by atoms with Gasteiger partial charge in [0, 0.05) is 5.92 Å². The smallest absolute Gasteiger partial charge is 0.169 e. The minimum absolute atomic E-state index is 0.357. The van der Waals surface area contributed by atoms with Crippen LogP contribution in [0.1, 0.15) is 12.8 Å². The molecule has 0 aromatic rings. The normalized spacial score (nSPS) is 22.7. The van der Waals surface area contributed by atoms with E-state index in [1.165, 1.54) is 0 Å². The fraction of sp³-hybridized carbons (Fsp3) is 1.00. The fourth-order valence-electron chi connectivity index (χ4n) is 0.468. The van der Waals surface area contributed by atoms with Crippen LogP contribution in [0.2, 0.25) is 0 Å². The number of hydrogen-bond donors (Lipinski definition) is 1. The van der Waals surface area contributed by atoms with E-state index < -0.39 is 4.46 Å². The Hall–Kier alpha value is 0.540. The molecule has 1 aliphatic carbocycles. The van der Waals surface area contributed by atoms with E-state index in [9.17, 15) is 0 Å². The number of hydrogen-bond acceptors (Lipinski definition) is 1. The lowest BCUT2D eigenvalue weighted by molar-refractivity contribution is 0.709. The van der Waals surface area contributed by atoms with Crippen LogP contribution in [-0.2, 0) is 0 Å². The van der Waals surface area contributed by atoms with Crippen molar-refractivity contribution in [3.8, 4) is 0 Å². The molecule has 1 nitrogen and oxygen atoms in total. The van der Waals surface area contributed by atoms with E-state index in [1.807, 2.05) is 0 Å². The maximum absolute atomic E-state index is 5.47. The molecule has 0 radical (unpaired) electrons. The van der Waals surface area contributed by atoms with Crippen LogP contribution in [0, 0.1) is 5.92 Å². The van der Waals surface area contributed by atoms with Crippen molar-refractivity contribution in [3.05, 3.63) is 0 Å². The van der Waals surface area contributed by atoms with Crippen LogP contribution >= 0.6 is 23.2 Å². The van der Waals surface area contributed by atoms with E-state index in [2.05, 4.69) is 0 Å². The first-order valence-electron chi connectivity index (χ1n) is 2.27. The van der Waals surface area contributed by atoms with Gasteiger partial charge in [-0.2, -0.15) is 0 Å². The third kappa shape index (κ3) is 1.48. The second kappa shape index (κ2) is 1.51. The Balaban J connectivity index is 2.36. The van der Waals surface area contributed by atoms with Crippen LogP contribution < -0.4 is 5.73 Å². The van der Waals surface area contributed by atoms with Gasteiger partial charge in [0.1, 0.15) is 0 Å². The standard InChI is InChI=1S/C4H7Cl2N/c5-4(6,7)3-1-2-3/h3H,1-2,7H2. The van der Waals surface area contributed by atoms with E-state index in [-0.39, 0.29) is 0 Å². The molecule has 2 N–H and O–H groups in total. The Labute approximate surface area is 52.8 Å². The van der Waals surface area contributed by atoms with Crippen molar-refractivity contribution >= 4 is 23.2 Å². The molecule has 1 fully saturated rings. The van der Waals surface area contributed by atoms with Crippen molar-refractivity contribution in [1.82, 2.24) is 0 Å². The summed E-state index contributed by atoms with van der Waals surface area (Å²) in [5.41, 5.74) is 5.27. The topological polar surface area (TPSA) is 26.0 Å². The molecule has 0 aromatic heterocycles. The molecule has 0 heterocycles. The summed E-state index contributed by atoms with van der Waals surface area (Å²) in [5, 5.41) is 0. The Kier molecular flexibility index (Phi) is 1.22. The zero-order chi connectivity index (χ0) is 5.49. The van der Waals surface area contributed by atoms with E-state index in [0.717, 1.165) is 12.8 Å². The molecule has 0 aliphatic heterocycles. The second-order valence-corrected chi connectivity index (χ2v) is 3.39. The third-order valence-corrected chi connectivity index (χ3v) is 1.74. The van der Waals surface area contributed by atoms with Crippen LogP contribution in [0.3, 0.4) is 0 Å². The lowest BCUT2D eigenvalue weighted by atomic mass is 10.4. The van der Waals surface area contributed by atoms with E-state index in [0.29, 0.717) is 5.92 Å². The van der Waals surface area contributed by atoms with Gasteiger partial charge in [0.15, 0.2) is 4.46 Å². The van der Waals surface area contributed by atoms with Crippen molar-refractivity contribution in [2.45, 2.75) is 17.3 Å². The van der Waals surface area contributed by atoms with Gasteiger partial charge in [-0.3, -0.25) is 5.73 Å². The van der Waals surface area contributed by atoms with Crippen LogP contribution in [0.5, 0.6) is 0 Å². The average molecular weight is 140 g/mol. The SMILES string of the molecule is NC(Cl)(Cl)C1CC1. The molecule has 0 spiro atoms. The molecule has 1 aliphatic rings. The number of rotatable bonds is 1. The first-order chi connectivity index (χ1) is 3.11. The number of alkyl halides is 2. The summed E-state index contributed by atoms with van der Waals surface area (Å²) in [4.78, 5) is 0. The lowest BCUT2D eigenvalue weighted by Gasteiger charge is -2.09. The Morgan fingerprint density at radius 3 is 1.86 bits per heavy atom. The summed E-state index contributed by atoms with van der Waals surface area (Å²) < 4.78 is -0.944. The van der Waals surface area contributed by atoms with Crippen molar-refractivity contribution < 1.29 is 0 Å². The Morgan fingerprint density at radius 2 is 1.86 bits per heavy atom. The quantitative estimate of drug-likeness (QED) is 0.433. The predicted octanol–water partition coefficient (Wildman–Crippen LogP) is 1.49. The molecule has 0 amide bonds. The molecule has 1 rings (SSSR count). The zero-order valence-electron chi connectivity index (χ0n) is 3.82. The zero-order valence-corrected chi connectivity index (χ0v) is 5.34. The van der Waals surface area contributed by atoms with Crippen molar-refractivity contribution in [3.63, 3.8) is 0 Å². The van der Waals surface area contributed by atoms with Gasteiger partial charge in [0.2, 0.25) is 0 Å². The molecule has 0 atom stereocenters. The summed E-state index contributed by atoms with van der Waals surface area (Å²) in [6.07, 6.45) is 2.17. The van der Waals surface area contributed by atoms with Crippen LogP contribution in [0.25, 0.3) is 0 Å². The van der Waals surface area contributed by atoms with Crippen LogP contribution in [0.15, 0.2) is 0 Å². The molecular formula is C4H7Cl2N. The summed E-state index contributed by atoms with van der Waals surface area (Å²) in [6.45, 7) is 0. The summed E-state index contributed by atoms with van der Waals surface area (Å²) in [7, 11) is 0. The molecule has 3 heteroatoms. The van der Waals surface area contributed by atoms with Gasteiger partial charge in [0.05, 0.1) is 0 Å². The van der Waals surface area contributed by atoms with Crippen molar-refractivity contribution in [2.24, 2.45) is 11.7 Å². The van der Waals surface area contributed by atoms with Crippen LogP contribution in [-0.4, -0.2) is 4.46 Å². The van der Waals surface area contributed by atoms with Gasteiger partial charge >= 0.3 is 0 Å². The fourth-order valence-corrected chi connectivity index (χ4v) is 0.905. The number of nitrogens with two attached hydrogens (primary N) is 1. The molecule has 0 unspecified atom stereocenters. The Morgan fingerprint density at radius 1 is 1.43 bits per heavy atom. The highest BCUT2D eigenvalue weighted by Gasteiger charge is 2.38. The minimum Gasteiger partial charge on any atom is -0.300 e. The molecule has 42 valence electrons. The third-order valence-electron chi connectivity index (χ3n) is 1.12. The lowest BCUT2D eigenvalue weighted by Crippen LogP contribution is -2.27. The first kappa shape index (κ1) is 5.67. The Bertz CT molecular complexity index is 72.2. The summed E-state index contributed by atoms with van der Waals surface area (Å²) >= 11 is 10.9. The maximum Gasteiger partial charge on any atom is 0.169 e. The maximum atomic E-state index is 5.47. The van der Waals surface area contributed by atoms with Crippen molar-refractivity contribution in [1.29, 1.82) is 0 Å². The highest BCUT2D eigenvalue weighted by Crippen LogP contribution is 2.42. The minimum atomic E-state index is -0.944. The van der Waals surface area contributed by atoms with Crippen molar-refractivity contribution in [2.75, 3.05) is 0 Å². The highest BCUT2D eigenvalue weighted by atomic mass is 35.5. The van der Waals surface area contributed by atoms with Gasteiger partial charge in [-0.15, -0.1) is 0 Å². The van der Waals surface area contributed by atoms with Gasteiger partial charge in [0.25, 0.3) is 0 Å². The van der Waals surface area contributed by atoms with E-state index in [1.54, 1.807) is 0 Å². The van der Waals surface area contributed by atoms with Crippen LogP contribution in [0.4, 0.5) is 0 Å². The molecular weight excluding hydrogens is 133 g/mol. The molecule has 7 heavy (non-hydrogen) atoms. The second-order valence-electron chi connectivity index (χ2n) is 1.95. The molecule has 0 aromatic carbocycles. The first-order valence-corrected chi connectivity index (χ1v) is 3.03. The van der Waals surface area contributed by atoms with E-state index >= 15 is 0 Å². The van der Waals surface area contributed by atoms with Gasteiger partial charge in [-0.25, -0.2) is 0 Å². The van der Waals surface area contributed by atoms with Gasteiger partial charge in [-0.05, 0) is 12.8 Å². The highest BCUT2D eigenvalue weighted by molar-refractivity contribution is 6.48. The summed E-state index contributed by atoms with van der Waals surface area (Å²) in [6, 6.07) is 0. The van der Waals surface area contributed by atoms with E-state index in [4.69, 9.17) is 28.9 Å². The molecule has 0 saturated heterocycles. The van der Waals surface area contributed by atoms with Gasteiger partial charge in [-0.1, -0.05) is 23.2 Å². The molecule has 1 saturated carbocycles. The molecule has 0 bridgehead atoms. The monoisotopic (exact) mass is 139 g/mol. The average Bonchev–Trinajstić information content (AvgIpc) is 1.99. The summed E-state index contributed by atoms with van der Waals surface area (Å²) in [5.74, 6) is 0.357.